The molecule has 3 aromatic rings. The molecule has 0 spiro atoms. The van der Waals surface area contributed by atoms with E-state index < -0.39 is 17.7 Å². The van der Waals surface area contributed by atoms with Gasteiger partial charge in [-0.05, 0) is 75.6 Å². The summed E-state index contributed by atoms with van der Waals surface area (Å²) in [5.74, 6) is -0.232. The second kappa shape index (κ2) is 7.90. The molecule has 3 aromatic carbocycles. The molecule has 174 valence electrons. The van der Waals surface area contributed by atoms with Crippen LogP contribution in [0.3, 0.4) is 0 Å². The maximum absolute atomic E-state index is 13.9. The molecule has 2 heterocycles. The molecule has 3 atom stereocenters. The summed E-state index contributed by atoms with van der Waals surface area (Å²) in [5, 5.41) is 6.20. The number of rotatable bonds is 3. The van der Waals surface area contributed by atoms with Gasteiger partial charge in [-0.2, -0.15) is 0 Å². The smallest absolute Gasteiger partial charge is 0.325 e. The molecule has 0 aliphatic carbocycles. The maximum atomic E-state index is 13.9. The fraction of sp³-hybridized carbons (Fsp3) is 0.286. The van der Waals surface area contributed by atoms with Gasteiger partial charge in [0.2, 0.25) is 11.6 Å². The Labute approximate surface area is 199 Å². The van der Waals surface area contributed by atoms with Crippen LogP contribution in [0.15, 0.2) is 60.7 Å². The van der Waals surface area contributed by atoms with Crippen molar-refractivity contribution in [3.05, 3.63) is 88.5 Å². The van der Waals surface area contributed by atoms with Gasteiger partial charge in [0.15, 0.2) is 0 Å². The first-order valence-electron chi connectivity index (χ1n) is 11.5. The molecular formula is C28H29N3O3. The van der Waals surface area contributed by atoms with Gasteiger partial charge >= 0.3 is 6.03 Å². The van der Waals surface area contributed by atoms with Gasteiger partial charge in [-0.15, -0.1) is 0 Å². The van der Waals surface area contributed by atoms with Crippen molar-refractivity contribution in [3.63, 3.8) is 0 Å². The number of urea groups is 1. The Balaban J connectivity index is 1.62. The number of nitrogens with one attached hydrogen (secondary N) is 2. The van der Waals surface area contributed by atoms with Crippen LogP contribution in [-0.2, 0) is 4.79 Å². The summed E-state index contributed by atoms with van der Waals surface area (Å²) < 4.78 is 6.52. The molecule has 2 N–H and O–H groups in total. The van der Waals surface area contributed by atoms with Gasteiger partial charge in [0, 0.05) is 16.9 Å². The molecule has 0 aromatic heterocycles. The molecule has 34 heavy (non-hydrogen) atoms. The number of amides is 3. The lowest BCUT2D eigenvalue weighted by molar-refractivity contribution is -0.131. The standard InChI is InChI=1S/C28H29N3O3/c1-16-10-13-22(19(4)14-16)29-26(32)24-25-21-8-6-7-9-23(21)34-28(24,5)31(27(33)30-25)20-12-11-17(2)18(3)15-20/h6-15,24-25H,1-5H3,(H,29,32)(H,30,33)/t24-,25+,28+/m1/s1. The molecule has 0 unspecified atom stereocenters. The lowest BCUT2D eigenvalue weighted by Crippen LogP contribution is -2.72. The predicted octanol–water partition coefficient (Wildman–Crippen LogP) is 5.55. The summed E-state index contributed by atoms with van der Waals surface area (Å²) in [6, 6.07) is 18.5. The molecule has 3 amide bonds. The van der Waals surface area contributed by atoms with Crippen molar-refractivity contribution in [2.45, 2.75) is 46.4 Å². The van der Waals surface area contributed by atoms with Crippen LogP contribution < -0.4 is 20.3 Å². The van der Waals surface area contributed by atoms with E-state index in [1.807, 2.05) is 95.3 Å². The van der Waals surface area contributed by atoms with E-state index in [2.05, 4.69) is 10.6 Å². The fourth-order valence-electron chi connectivity index (χ4n) is 5.15. The van der Waals surface area contributed by atoms with Crippen molar-refractivity contribution in [2.75, 3.05) is 10.2 Å². The van der Waals surface area contributed by atoms with Crippen molar-refractivity contribution < 1.29 is 14.3 Å². The Bertz CT molecular complexity index is 1320. The van der Waals surface area contributed by atoms with Crippen molar-refractivity contribution in [1.82, 2.24) is 5.32 Å². The number of carbonyl (C=O) groups excluding carboxylic acids is 2. The van der Waals surface area contributed by atoms with Gasteiger partial charge in [-0.3, -0.25) is 9.69 Å². The maximum Gasteiger partial charge on any atom is 0.325 e. The Morgan fingerprint density at radius 3 is 2.47 bits per heavy atom. The van der Waals surface area contributed by atoms with Gasteiger partial charge in [0.1, 0.15) is 11.7 Å². The van der Waals surface area contributed by atoms with Gasteiger partial charge < -0.3 is 15.4 Å². The zero-order valence-corrected chi connectivity index (χ0v) is 20.1. The van der Waals surface area contributed by atoms with Crippen LogP contribution in [0.1, 0.15) is 40.8 Å². The van der Waals surface area contributed by atoms with E-state index in [-0.39, 0.29) is 11.9 Å². The van der Waals surface area contributed by atoms with E-state index in [4.69, 9.17) is 4.74 Å². The number of anilines is 2. The predicted molar refractivity (Wildman–Crippen MR) is 133 cm³/mol. The molecule has 0 saturated carbocycles. The minimum absolute atomic E-state index is 0.206. The van der Waals surface area contributed by atoms with Gasteiger partial charge in [-0.1, -0.05) is 42.0 Å². The summed E-state index contributed by atoms with van der Waals surface area (Å²) in [5.41, 5.74) is 5.30. The van der Waals surface area contributed by atoms with E-state index in [9.17, 15) is 9.59 Å². The average molecular weight is 456 g/mol. The van der Waals surface area contributed by atoms with Gasteiger partial charge in [0.25, 0.3) is 0 Å². The summed E-state index contributed by atoms with van der Waals surface area (Å²) in [6.45, 7) is 9.86. The van der Waals surface area contributed by atoms with Crippen LogP contribution in [0.5, 0.6) is 5.75 Å². The monoisotopic (exact) mass is 455 g/mol. The highest BCUT2D eigenvalue weighted by molar-refractivity contribution is 6.01. The van der Waals surface area contributed by atoms with Crippen LogP contribution in [0, 0.1) is 33.6 Å². The van der Waals surface area contributed by atoms with Crippen molar-refractivity contribution in [3.8, 4) is 5.75 Å². The Morgan fingerprint density at radius 2 is 1.74 bits per heavy atom. The number of hydrogen-bond acceptors (Lipinski definition) is 3. The largest absolute Gasteiger partial charge is 0.466 e. The normalized spacial score (nSPS) is 23.0. The second-order valence-electron chi connectivity index (χ2n) is 9.51. The number of aryl methyl sites for hydroxylation is 4. The number of carbonyl (C=O) groups is 2. The number of para-hydroxylation sites is 1. The molecule has 5 rings (SSSR count). The number of ether oxygens (including phenoxy) is 1. The number of nitrogens with zero attached hydrogens (tertiary/aromatic N) is 1. The SMILES string of the molecule is Cc1ccc(NC(=O)[C@H]2[C@H]3NC(=O)N(c4ccc(C)c(C)c4)[C@@]2(C)Oc2ccccc23)c(C)c1. The fourth-order valence-corrected chi connectivity index (χ4v) is 5.15. The van der Waals surface area contributed by atoms with E-state index in [0.717, 1.165) is 33.5 Å². The molecular weight excluding hydrogens is 426 g/mol. The highest BCUT2D eigenvalue weighted by Crippen LogP contribution is 2.49. The molecule has 6 heteroatoms. The first-order chi connectivity index (χ1) is 16.2. The Kier molecular flexibility index (Phi) is 5.12. The zero-order valence-electron chi connectivity index (χ0n) is 20.1. The van der Waals surface area contributed by atoms with Crippen LogP contribution in [0.25, 0.3) is 0 Å². The lowest BCUT2D eigenvalue weighted by atomic mass is 9.78. The second-order valence-corrected chi connectivity index (χ2v) is 9.51. The summed E-state index contributed by atoms with van der Waals surface area (Å²) >= 11 is 0. The molecule has 2 aliphatic rings. The molecule has 0 radical (unpaired) electrons. The Hall–Kier alpha value is -3.80. The highest BCUT2D eigenvalue weighted by atomic mass is 16.5. The van der Waals surface area contributed by atoms with E-state index >= 15 is 0 Å². The molecule has 1 saturated heterocycles. The molecule has 1 fully saturated rings. The zero-order chi connectivity index (χ0) is 24.2. The number of hydrogen-bond donors (Lipinski definition) is 2. The summed E-state index contributed by atoms with van der Waals surface area (Å²) in [7, 11) is 0. The van der Waals surface area contributed by atoms with Crippen molar-refractivity contribution >= 4 is 23.3 Å². The molecule has 2 bridgehead atoms. The van der Waals surface area contributed by atoms with Crippen LogP contribution in [0.2, 0.25) is 0 Å². The topological polar surface area (TPSA) is 70.7 Å². The molecule has 2 aliphatic heterocycles. The minimum Gasteiger partial charge on any atom is -0.466 e. The summed E-state index contributed by atoms with van der Waals surface area (Å²) in [4.78, 5) is 28.9. The molecule has 6 nitrogen and oxygen atoms in total. The van der Waals surface area contributed by atoms with Crippen LogP contribution >= 0.6 is 0 Å². The van der Waals surface area contributed by atoms with Gasteiger partial charge in [-0.25, -0.2) is 4.79 Å². The van der Waals surface area contributed by atoms with Crippen molar-refractivity contribution in [2.24, 2.45) is 5.92 Å². The summed E-state index contributed by atoms with van der Waals surface area (Å²) in [6.07, 6.45) is 0. The quantitative estimate of drug-likeness (QED) is 0.544. The van der Waals surface area contributed by atoms with Crippen molar-refractivity contribution in [1.29, 1.82) is 0 Å². The first kappa shape index (κ1) is 22.0. The van der Waals surface area contributed by atoms with Crippen LogP contribution in [0.4, 0.5) is 16.2 Å². The van der Waals surface area contributed by atoms with Gasteiger partial charge in [0.05, 0.1) is 6.04 Å². The minimum atomic E-state index is -1.23. The van der Waals surface area contributed by atoms with E-state index in [1.165, 1.54) is 0 Å². The number of fused-ring (bicyclic) bond motifs is 4. The first-order valence-corrected chi connectivity index (χ1v) is 11.5. The van der Waals surface area contributed by atoms with E-state index in [0.29, 0.717) is 11.4 Å². The van der Waals surface area contributed by atoms with E-state index in [1.54, 1.807) is 4.90 Å². The average Bonchev–Trinajstić information content (AvgIpc) is 2.77. The highest BCUT2D eigenvalue weighted by Gasteiger charge is 2.60. The Morgan fingerprint density at radius 1 is 0.971 bits per heavy atom. The third-order valence-electron chi connectivity index (χ3n) is 7.08. The van der Waals surface area contributed by atoms with Crippen LogP contribution in [-0.4, -0.2) is 17.7 Å². The third kappa shape index (κ3) is 3.41. The lowest BCUT2D eigenvalue weighted by Gasteiger charge is -2.54. The number of benzene rings is 3. The third-order valence-corrected chi connectivity index (χ3v) is 7.08.